The van der Waals surface area contributed by atoms with Crippen molar-refractivity contribution in [2.45, 2.75) is 25.2 Å². The zero-order chi connectivity index (χ0) is 17.0. The number of aliphatic hydroxyl groups is 2. The normalized spacial score (nSPS) is 22.2. The number of carbonyl (C=O) groups excluding carboxylic acids is 3. The first-order valence-corrected chi connectivity index (χ1v) is 6.96. The van der Waals surface area contributed by atoms with Gasteiger partial charge in [-0.3, -0.25) is 4.79 Å². The van der Waals surface area contributed by atoms with E-state index in [4.69, 9.17) is 9.84 Å². The lowest BCUT2D eigenvalue weighted by atomic mass is 10.1. The van der Waals surface area contributed by atoms with Crippen LogP contribution in [0.25, 0.3) is 6.08 Å². The summed E-state index contributed by atoms with van der Waals surface area (Å²) >= 11 is 0. The Morgan fingerprint density at radius 2 is 2.09 bits per heavy atom. The third-order valence-electron chi connectivity index (χ3n) is 3.33. The summed E-state index contributed by atoms with van der Waals surface area (Å²) in [5, 5.41) is 18.6. The fourth-order valence-corrected chi connectivity index (χ4v) is 2.20. The first-order valence-electron chi connectivity index (χ1n) is 6.96. The summed E-state index contributed by atoms with van der Waals surface area (Å²) < 4.78 is 9.73. The summed E-state index contributed by atoms with van der Waals surface area (Å²) in [5.74, 6) is -3.10. The van der Waals surface area contributed by atoms with Gasteiger partial charge in [-0.1, -0.05) is 30.4 Å². The number of Topliss-reactive ketones (excluding diaryl/α,β-unsaturated/α-hetero) is 1. The molecular formula is C16H16O7. The molecule has 1 aromatic carbocycles. The number of carbonyl (C=O) groups is 3. The zero-order valence-corrected chi connectivity index (χ0v) is 12.3. The van der Waals surface area contributed by atoms with Crippen molar-refractivity contribution in [3.8, 4) is 0 Å². The van der Waals surface area contributed by atoms with Gasteiger partial charge in [0.2, 0.25) is 6.10 Å². The van der Waals surface area contributed by atoms with Gasteiger partial charge in [0.25, 0.3) is 5.78 Å². The van der Waals surface area contributed by atoms with E-state index in [1.807, 2.05) is 0 Å². The highest BCUT2D eigenvalue weighted by atomic mass is 16.6. The molecule has 0 aliphatic carbocycles. The average molecular weight is 320 g/mol. The summed E-state index contributed by atoms with van der Waals surface area (Å²) in [5.41, 5.74) is 0.784. The number of esters is 2. The predicted molar refractivity (Wildman–Crippen MR) is 78.3 cm³/mol. The minimum absolute atomic E-state index is 0.204. The van der Waals surface area contributed by atoms with Gasteiger partial charge in [-0.05, 0) is 18.6 Å². The summed E-state index contributed by atoms with van der Waals surface area (Å²) in [6.45, 7) is 1.04. The molecule has 0 radical (unpaired) electrons. The Kier molecular flexibility index (Phi) is 5.25. The largest absolute Gasteiger partial charge is 0.449 e. The van der Waals surface area contributed by atoms with Crippen molar-refractivity contribution in [1.29, 1.82) is 0 Å². The number of ketones is 1. The number of hydrogen-bond acceptors (Lipinski definition) is 7. The van der Waals surface area contributed by atoms with Crippen LogP contribution in [0.1, 0.15) is 22.8 Å². The fourth-order valence-electron chi connectivity index (χ4n) is 2.20. The van der Waals surface area contributed by atoms with Crippen LogP contribution in [0, 0.1) is 0 Å². The zero-order valence-electron chi connectivity index (χ0n) is 12.3. The van der Waals surface area contributed by atoms with Crippen LogP contribution < -0.4 is 0 Å². The Balaban J connectivity index is 2.24. The van der Waals surface area contributed by atoms with Crippen LogP contribution in [0.15, 0.2) is 30.3 Å². The highest BCUT2D eigenvalue weighted by molar-refractivity contribution is 6.37. The van der Waals surface area contributed by atoms with Gasteiger partial charge in [0.15, 0.2) is 6.10 Å². The molecule has 3 atom stereocenters. The van der Waals surface area contributed by atoms with E-state index in [0.29, 0.717) is 5.56 Å². The van der Waals surface area contributed by atoms with E-state index >= 15 is 0 Å². The van der Waals surface area contributed by atoms with E-state index < -0.39 is 42.6 Å². The van der Waals surface area contributed by atoms with Gasteiger partial charge in [-0.15, -0.1) is 0 Å². The molecule has 1 aliphatic heterocycles. The maximum absolute atomic E-state index is 12.3. The van der Waals surface area contributed by atoms with Crippen molar-refractivity contribution in [2.24, 2.45) is 0 Å². The summed E-state index contributed by atoms with van der Waals surface area (Å²) in [7, 11) is 0. The lowest BCUT2D eigenvalue weighted by molar-refractivity contribution is -0.152. The molecule has 1 saturated heterocycles. The van der Waals surface area contributed by atoms with Gasteiger partial charge < -0.3 is 19.7 Å². The predicted octanol–water partition coefficient (Wildman–Crippen LogP) is 0.0928. The van der Waals surface area contributed by atoms with Crippen molar-refractivity contribution in [3.05, 3.63) is 41.5 Å². The quantitative estimate of drug-likeness (QED) is 0.584. The number of benzene rings is 1. The monoisotopic (exact) mass is 320 g/mol. The highest BCUT2D eigenvalue weighted by Gasteiger charge is 2.49. The Labute approximate surface area is 132 Å². The SMILES string of the molecule is CC=Cc1ccccc1C(=O)OC1C(=O)C(=O)O[C@@H]1[C@@H](O)CO. The molecule has 0 aromatic heterocycles. The molecular weight excluding hydrogens is 304 g/mol. The third-order valence-corrected chi connectivity index (χ3v) is 3.33. The van der Waals surface area contributed by atoms with Gasteiger partial charge in [0, 0.05) is 0 Å². The van der Waals surface area contributed by atoms with E-state index in [1.54, 1.807) is 37.3 Å². The molecule has 7 nitrogen and oxygen atoms in total. The van der Waals surface area contributed by atoms with E-state index in [9.17, 15) is 19.5 Å². The number of aliphatic hydroxyl groups excluding tert-OH is 2. The van der Waals surface area contributed by atoms with Gasteiger partial charge in [0.05, 0.1) is 12.2 Å². The van der Waals surface area contributed by atoms with Crippen molar-refractivity contribution in [2.75, 3.05) is 6.61 Å². The number of rotatable bonds is 5. The van der Waals surface area contributed by atoms with Gasteiger partial charge in [-0.2, -0.15) is 0 Å². The van der Waals surface area contributed by atoms with Crippen LogP contribution in [0.2, 0.25) is 0 Å². The number of cyclic esters (lactones) is 1. The first kappa shape index (κ1) is 16.9. The second kappa shape index (κ2) is 7.17. The second-order valence-corrected chi connectivity index (χ2v) is 4.90. The summed E-state index contributed by atoms with van der Waals surface area (Å²) in [6, 6.07) is 6.56. The van der Waals surface area contributed by atoms with Crippen LogP contribution >= 0.6 is 0 Å². The van der Waals surface area contributed by atoms with Crippen molar-refractivity contribution in [1.82, 2.24) is 0 Å². The molecule has 0 spiro atoms. The first-order chi connectivity index (χ1) is 11.0. The molecule has 2 N–H and O–H groups in total. The maximum Gasteiger partial charge on any atom is 0.379 e. The Morgan fingerprint density at radius 1 is 1.39 bits per heavy atom. The molecule has 1 aliphatic rings. The van der Waals surface area contributed by atoms with Crippen LogP contribution in [0.3, 0.4) is 0 Å². The van der Waals surface area contributed by atoms with E-state index in [0.717, 1.165) is 0 Å². The topological polar surface area (TPSA) is 110 Å². The van der Waals surface area contributed by atoms with Gasteiger partial charge in [0.1, 0.15) is 6.10 Å². The Hall–Kier alpha value is -2.51. The van der Waals surface area contributed by atoms with E-state index in [-0.39, 0.29) is 5.56 Å². The van der Waals surface area contributed by atoms with Crippen molar-refractivity contribution < 1.29 is 34.1 Å². The molecule has 122 valence electrons. The van der Waals surface area contributed by atoms with Gasteiger partial charge >= 0.3 is 11.9 Å². The molecule has 1 fully saturated rings. The average Bonchev–Trinajstić information content (AvgIpc) is 2.83. The standard InChI is InChI=1S/C16H16O7/c1-2-5-9-6-3-4-7-10(9)15(20)23-14-12(19)16(21)22-13(14)11(18)8-17/h2-7,11,13-14,17-18H,8H2,1H3/t11-,13+,14?/m0/s1. The molecule has 0 amide bonds. The number of hydrogen-bond donors (Lipinski definition) is 2. The highest BCUT2D eigenvalue weighted by Crippen LogP contribution is 2.21. The van der Waals surface area contributed by atoms with Crippen molar-refractivity contribution in [3.63, 3.8) is 0 Å². The van der Waals surface area contributed by atoms with Crippen LogP contribution in [0.4, 0.5) is 0 Å². The Morgan fingerprint density at radius 3 is 2.74 bits per heavy atom. The molecule has 2 rings (SSSR count). The number of allylic oxidation sites excluding steroid dienone is 1. The maximum atomic E-state index is 12.3. The lowest BCUT2D eigenvalue weighted by Gasteiger charge is -2.20. The second-order valence-electron chi connectivity index (χ2n) is 4.90. The molecule has 1 heterocycles. The van der Waals surface area contributed by atoms with Crippen LogP contribution in [-0.2, 0) is 19.1 Å². The lowest BCUT2D eigenvalue weighted by Crippen LogP contribution is -2.42. The molecule has 0 bridgehead atoms. The number of ether oxygens (including phenoxy) is 2. The summed E-state index contributed by atoms with van der Waals surface area (Å²) in [4.78, 5) is 35.4. The van der Waals surface area contributed by atoms with Gasteiger partial charge in [-0.25, -0.2) is 9.59 Å². The van der Waals surface area contributed by atoms with Crippen LogP contribution in [0.5, 0.6) is 0 Å². The molecule has 23 heavy (non-hydrogen) atoms. The smallest absolute Gasteiger partial charge is 0.379 e. The van der Waals surface area contributed by atoms with E-state index in [2.05, 4.69) is 4.74 Å². The molecule has 7 heteroatoms. The molecule has 1 unspecified atom stereocenters. The van der Waals surface area contributed by atoms with Crippen molar-refractivity contribution >= 4 is 23.8 Å². The molecule has 0 saturated carbocycles. The summed E-state index contributed by atoms with van der Waals surface area (Å²) in [6.07, 6.45) is -1.10. The fraction of sp³-hybridized carbons (Fsp3) is 0.312. The van der Waals surface area contributed by atoms with E-state index in [1.165, 1.54) is 6.07 Å². The van der Waals surface area contributed by atoms with Crippen LogP contribution in [-0.4, -0.2) is 52.9 Å². The Bertz CT molecular complexity index is 650. The molecule has 1 aromatic rings. The minimum Gasteiger partial charge on any atom is -0.449 e. The minimum atomic E-state index is -1.59. The third kappa shape index (κ3) is 3.46.